The maximum atomic E-state index is 12.6. The van der Waals surface area contributed by atoms with Crippen molar-refractivity contribution in [2.75, 3.05) is 14.2 Å². The van der Waals surface area contributed by atoms with Crippen molar-refractivity contribution in [3.05, 3.63) is 83.8 Å². The van der Waals surface area contributed by atoms with Gasteiger partial charge in [-0.1, -0.05) is 24.3 Å². The predicted octanol–water partition coefficient (Wildman–Crippen LogP) is 4.18. The standard InChI is InChI=1S/C26H24N2O7/c1-33-24-14-17(7-11-21(24)30)5-9-19(27-28-26(32)23-4-3-13-35-23)16-20(29)10-6-18-8-12-22(31)25(15-18)34-2/h3-15,30-31H,16H2,1-2H3,(H,28,32). The Morgan fingerprint density at radius 1 is 0.943 bits per heavy atom. The average Bonchev–Trinajstić information content (AvgIpc) is 3.41. The third-order valence-corrected chi connectivity index (χ3v) is 4.74. The largest absolute Gasteiger partial charge is 0.504 e. The lowest BCUT2D eigenvalue weighted by Gasteiger charge is -2.05. The van der Waals surface area contributed by atoms with Gasteiger partial charge in [-0.3, -0.25) is 9.59 Å². The van der Waals surface area contributed by atoms with Crippen LogP contribution in [0.15, 0.2) is 76.5 Å². The first-order valence-corrected chi connectivity index (χ1v) is 10.4. The fourth-order valence-corrected chi connectivity index (χ4v) is 2.94. The lowest BCUT2D eigenvalue weighted by molar-refractivity contribution is -0.113. The summed E-state index contributed by atoms with van der Waals surface area (Å²) in [5.74, 6) is -0.200. The number of nitrogens with zero attached hydrogens (tertiary/aromatic N) is 1. The highest BCUT2D eigenvalue weighted by Gasteiger charge is 2.09. The number of rotatable bonds is 10. The van der Waals surface area contributed by atoms with E-state index >= 15 is 0 Å². The van der Waals surface area contributed by atoms with Crippen molar-refractivity contribution in [2.24, 2.45) is 5.10 Å². The van der Waals surface area contributed by atoms with Crippen molar-refractivity contribution < 1.29 is 33.7 Å². The van der Waals surface area contributed by atoms with Gasteiger partial charge in [-0.2, -0.15) is 5.10 Å². The SMILES string of the molecule is COc1cc(C=CC(=O)CC(C=Cc2ccc(O)c(OC)c2)=NNC(=O)c2ccco2)ccc1O. The predicted molar refractivity (Wildman–Crippen MR) is 131 cm³/mol. The molecule has 0 unspecified atom stereocenters. The quantitative estimate of drug-likeness (QED) is 0.227. The normalized spacial score (nSPS) is 11.7. The number of hydrazone groups is 1. The van der Waals surface area contributed by atoms with Crippen molar-refractivity contribution in [1.82, 2.24) is 5.43 Å². The van der Waals surface area contributed by atoms with Gasteiger partial charge in [-0.25, -0.2) is 5.43 Å². The number of amides is 1. The van der Waals surface area contributed by atoms with Crippen LogP contribution in [0.25, 0.3) is 12.2 Å². The lowest BCUT2D eigenvalue weighted by Crippen LogP contribution is -2.19. The van der Waals surface area contributed by atoms with Crippen LogP contribution in [-0.2, 0) is 4.79 Å². The molecule has 0 fully saturated rings. The van der Waals surface area contributed by atoms with Gasteiger partial charge < -0.3 is 24.1 Å². The van der Waals surface area contributed by atoms with Crippen LogP contribution in [0.1, 0.15) is 28.1 Å². The second-order valence-electron chi connectivity index (χ2n) is 7.19. The number of hydrogen-bond donors (Lipinski definition) is 3. The molecule has 0 atom stereocenters. The van der Waals surface area contributed by atoms with E-state index in [0.29, 0.717) is 16.9 Å². The second-order valence-corrected chi connectivity index (χ2v) is 7.19. The van der Waals surface area contributed by atoms with E-state index in [2.05, 4.69) is 10.5 Å². The van der Waals surface area contributed by atoms with Crippen LogP contribution in [0.5, 0.6) is 23.0 Å². The van der Waals surface area contributed by atoms with Crippen LogP contribution in [0.2, 0.25) is 0 Å². The van der Waals surface area contributed by atoms with E-state index < -0.39 is 5.91 Å². The molecule has 0 saturated carbocycles. The minimum atomic E-state index is -0.564. The van der Waals surface area contributed by atoms with Crippen molar-refractivity contribution >= 4 is 29.6 Å². The number of carbonyl (C=O) groups is 2. The minimum Gasteiger partial charge on any atom is -0.504 e. The molecule has 1 heterocycles. The molecule has 3 aromatic rings. The number of ketones is 1. The maximum absolute atomic E-state index is 12.6. The van der Waals surface area contributed by atoms with Gasteiger partial charge in [-0.05, 0) is 59.7 Å². The number of nitrogens with one attached hydrogen (secondary N) is 1. The molecule has 9 nitrogen and oxygen atoms in total. The van der Waals surface area contributed by atoms with Crippen LogP contribution in [0, 0.1) is 0 Å². The van der Waals surface area contributed by atoms with E-state index in [1.165, 1.54) is 44.8 Å². The average molecular weight is 476 g/mol. The van der Waals surface area contributed by atoms with Gasteiger partial charge >= 0.3 is 5.91 Å². The Labute approximate surface area is 201 Å². The summed E-state index contributed by atoms with van der Waals surface area (Å²) < 4.78 is 15.2. The van der Waals surface area contributed by atoms with Gasteiger partial charge in [0.1, 0.15) is 0 Å². The molecule has 35 heavy (non-hydrogen) atoms. The molecule has 1 amide bonds. The Kier molecular flexibility index (Phi) is 8.44. The van der Waals surface area contributed by atoms with E-state index in [1.54, 1.807) is 48.6 Å². The van der Waals surface area contributed by atoms with Gasteiger partial charge in [0.2, 0.25) is 0 Å². The zero-order valence-electron chi connectivity index (χ0n) is 19.1. The van der Waals surface area contributed by atoms with Gasteiger partial charge in [-0.15, -0.1) is 0 Å². The highest BCUT2D eigenvalue weighted by Crippen LogP contribution is 2.27. The fraction of sp³-hybridized carbons (Fsp3) is 0.115. The third kappa shape index (κ3) is 7.10. The Hall–Kier alpha value is -4.79. The molecule has 3 N–H and O–H groups in total. The Bertz CT molecular complexity index is 1270. The van der Waals surface area contributed by atoms with Crippen LogP contribution in [0.4, 0.5) is 0 Å². The minimum absolute atomic E-state index is 0.00423. The highest BCUT2D eigenvalue weighted by molar-refractivity contribution is 6.13. The summed E-state index contributed by atoms with van der Waals surface area (Å²) in [6.07, 6.45) is 7.44. The monoisotopic (exact) mass is 476 g/mol. The van der Waals surface area contributed by atoms with Crippen molar-refractivity contribution in [3.63, 3.8) is 0 Å². The lowest BCUT2D eigenvalue weighted by atomic mass is 10.1. The molecule has 0 aliphatic rings. The number of benzene rings is 2. The van der Waals surface area contributed by atoms with E-state index in [1.807, 2.05) is 0 Å². The first-order chi connectivity index (χ1) is 16.9. The number of allylic oxidation sites excluding steroid dienone is 2. The summed E-state index contributed by atoms with van der Waals surface area (Å²) in [4.78, 5) is 24.8. The fourth-order valence-electron chi connectivity index (χ4n) is 2.94. The molecule has 9 heteroatoms. The number of methoxy groups -OCH3 is 2. The molecule has 0 aliphatic heterocycles. The number of phenolic OH excluding ortho intramolecular Hbond substituents is 2. The zero-order chi connectivity index (χ0) is 25.2. The molecule has 1 aromatic heterocycles. The summed E-state index contributed by atoms with van der Waals surface area (Å²) in [6, 6.07) is 12.5. The van der Waals surface area contributed by atoms with Crippen LogP contribution in [-0.4, -0.2) is 41.8 Å². The Balaban J connectivity index is 1.78. The molecule has 0 bridgehead atoms. The smallest absolute Gasteiger partial charge is 0.307 e. The molecule has 0 spiro atoms. The summed E-state index contributed by atoms with van der Waals surface area (Å²) in [5.41, 5.74) is 3.99. The summed E-state index contributed by atoms with van der Waals surface area (Å²) in [7, 11) is 2.87. The second kappa shape index (κ2) is 11.9. The van der Waals surface area contributed by atoms with Crippen molar-refractivity contribution in [3.8, 4) is 23.0 Å². The van der Waals surface area contributed by atoms with Crippen LogP contribution >= 0.6 is 0 Å². The van der Waals surface area contributed by atoms with Gasteiger partial charge in [0, 0.05) is 0 Å². The number of furan rings is 1. The number of carbonyl (C=O) groups excluding carboxylic acids is 2. The van der Waals surface area contributed by atoms with Crippen LogP contribution in [0.3, 0.4) is 0 Å². The zero-order valence-corrected chi connectivity index (χ0v) is 19.1. The van der Waals surface area contributed by atoms with Gasteiger partial charge in [0.25, 0.3) is 0 Å². The first kappa shape index (κ1) is 24.8. The highest BCUT2D eigenvalue weighted by atomic mass is 16.5. The number of phenols is 2. The molecule has 0 radical (unpaired) electrons. The molecule has 0 aliphatic carbocycles. The number of hydrogen-bond acceptors (Lipinski definition) is 8. The van der Waals surface area contributed by atoms with E-state index in [9.17, 15) is 19.8 Å². The molecule has 0 saturated heterocycles. The van der Waals surface area contributed by atoms with Gasteiger partial charge in [0.15, 0.2) is 34.5 Å². The molecular formula is C26H24N2O7. The van der Waals surface area contributed by atoms with Crippen molar-refractivity contribution in [2.45, 2.75) is 6.42 Å². The summed E-state index contributed by atoms with van der Waals surface area (Å²) in [5, 5.41) is 23.5. The van der Waals surface area contributed by atoms with E-state index in [0.717, 1.165) is 0 Å². The van der Waals surface area contributed by atoms with Gasteiger partial charge in [0.05, 0.1) is 32.6 Å². The maximum Gasteiger partial charge on any atom is 0.307 e. The molecule has 180 valence electrons. The van der Waals surface area contributed by atoms with Crippen LogP contribution < -0.4 is 14.9 Å². The summed E-state index contributed by atoms with van der Waals surface area (Å²) >= 11 is 0. The Morgan fingerprint density at radius 3 is 2.09 bits per heavy atom. The number of aromatic hydroxyl groups is 2. The topological polar surface area (TPSA) is 131 Å². The Morgan fingerprint density at radius 2 is 1.54 bits per heavy atom. The van der Waals surface area contributed by atoms with E-state index in [4.69, 9.17) is 13.9 Å². The summed E-state index contributed by atoms with van der Waals surface area (Å²) in [6.45, 7) is 0. The first-order valence-electron chi connectivity index (χ1n) is 10.4. The molecular weight excluding hydrogens is 452 g/mol. The number of ether oxygens (including phenoxy) is 2. The van der Waals surface area contributed by atoms with E-state index in [-0.39, 0.29) is 40.9 Å². The molecule has 3 rings (SSSR count). The molecule has 2 aromatic carbocycles. The third-order valence-electron chi connectivity index (χ3n) is 4.74. The van der Waals surface area contributed by atoms with Crippen molar-refractivity contribution in [1.29, 1.82) is 0 Å².